The fraction of sp³-hybridized carbons (Fsp3) is 0.882. The van der Waals surface area contributed by atoms with Gasteiger partial charge in [-0.1, -0.05) is 26.7 Å². The van der Waals surface area contributed by atoms with Crippen molar-refractivity contribution in [3.05, 3.63) is 0 Å². The van der Waals surface area contributed by atoms with Gasteiger partial charge in [-0.05, 0) is 30.6 Å². The van der Waals surface area contributed by atoms with Crippen molar-refractivity contribution in [1.29, 1.82) is 0 Å². The molecular formula is C17H33IN4O. The zero-order valence-corrected chi connectivity index (χ0v) is 17.4. The minimum atomic E-state index is 0. The van der Waals surface area contributed by atoms with Crippen molar-refractivity contribution in [3.63, 3.8) is 0 Å². The number of likely N-dealkylation sites (tertiary alicyclic amines) is 1. The Labute approximate surface area is 158 Å². The average Bonchev–Trinajstić information content (AvgIpc) is 3.09. The summed E-state index contributed by atoms with van der Waals surface area (Å²) < 4.78 is 0. The van der Waals surface area contributed by atoms with Gasteiger partial charge in [0.1, 0.15) is 6.54 Å². The molecule has 6 heteroatoms. The maximum atomic E-state index is 11.8. The van der Waals surface area contributed by atoms with Crippen LogP contribution in [0.25, 0.3) is 0 Å². The number of rotatable bonds is 4. The van der Waals surface area contributed by atoms with Crippen molar-refractivity contribution in [2.45, 2.75) is 46.0 Å². The Morgan fingerprint density at radius 2 is 1.91 bits per heavy atom. The van der Waals surface area contributed by atoms with Crippen molar-refractivity contribution in [2.24, 2.45) is 16.3 Å². The normalized spacial score (nSPS) is 20.0. The second kappa shape index (κ2) is 9.08. The van der Waals surface area contributed by atoms with Crippen LogP contribution in [-0.4, -0.2) is 61.9 Å². The zero-order chi connectivity index (χ0) is 16.2. The molecule has 0 radical (unpaired) electrons. The average molecular weight is 436 g/mol. The molecule has 5 nitrogen and oxygen atoms in total. The maximum absolute atomic E-state index is 11.8. The molecule has 1 amide bonds. The number of guanidine groups is 1. The largest absolute Gasteiger partial charge is 0.356 e. The number of nitrogens with zero attached hydrogens (tertiary/aromatic N) is 3. The predicted octanol–water partition coefficient (Wildman–Crippen LogP) is 2.56. The lowest BCUT2D eigenvalue weighted by Gasteiger charge is -2.26. The van der Waals surface area contributed by atoms with Crippen molar-refractivity contribution in [1.82, 2.24) is 15.1 Å². The molecule has 0 aromatic heterocycles. The summed E-state index contributed by atoms with van der Waals surface area (Å²) >= 11 is 0. The second-order valence-corrected chi connectivity index (χ2v) is 7.58. The van der Waals surface area contributed by atoms with Crippen LogP contribution < -0.4 is 5.32 Å². The molecule has 1 aliphatic carbocycles. The van der Waals surface area contributed by atoms with Crippen LogP contribution in [0, 0.1) is 11.3 Å². The van der Waals surface area contributed by atoms with Crippen LogP contribution in [0.3, 0.4) is 0 Å². The Hall–Kier alpha value is -0.530. The predicted molar refractivity (Wildman–Crippen MR) is 106 cm³/mol. The maximum Gasteiger partial charge on any atom is 0.243 e. The molecule has 0 aromatic rings. The van der Waals surface area contributed by atoms with Crippen LogP contribution in [0.15, 0.2) is 4.99 Å². The molecule has 0 aromatic carbocycles. The third-order valence-electron chi connectivity index (χ3n) is 4.93. The lowest BCUT2D eigenvalue weighted by atomic mass is 9.86. The molecule has 0 unspecified atom stereocenters. The summed E-state index contributed by atoms with van der Waals surface area (Å²) in [6.07, 6.45) is 6.74. The molecular weight excluding hydrogens is 403 g/mol. The second-order valence-electron chi connectivity index (χ2n) is 7.58. The Morgan fingerprint density at radius 3 is 2.48 bits per heavy atom. The van der Waals surface area contributed by atoms with E-state index in [1.807, 2.05) is 0 Å². The molecule has 1 saturated heterocycles. The Morgan fingerprint density at radius 1 is 1.26 bits per heavy atom. The molecule has 2 fully saturated rings. The van der Waals surface area contributed by atoms with E-state index in [1.54, 1.807) is 19.0 Å². The van der Waals surface area contributed by atoms with Gasteiger partial charge in [-0.15, -0.1) is 24.0 Å². The van der Waals surface area contributed by atoms with E-state index in [4.69, 9.17) is 0 Å². The fourth-order valence-corrected chi connectivity index (χ4v) is 3.50. The molecule has 1 heterocycles. The van der Waals surface area contributed by atoms with Crippen LogP contribution in [0.2, 0.25) is 0 Å². The third kappa shape index (κ3) is 5.80. The number of hydrogen-bond donors (Lipinski definition) is 1. The first-order valence-corrected chi connectivity index (χ1v) is 8.65. The monoisotopic (exact) mass is 436 g/mol. The highest BCUT2D eigenvalue weighted by Gasteiger charge is 2.41. The van der Waals surface area contributed by atoms with Crippen LogP contribution in [0.5, 0.6) is 0 Å². The van der Waals surface area contributed by atoms with Gasteiger partial charge < -0.3 is 15.1 Å². The molecule has 1 aliphatic heterocycles. The van der Waals surface area contributed by atoms with Gasteiger partial charge in [0, 0.05) is 33.7 Å². The van der Waals surface area contributed by atoms with Crippen LogP contribution in [0.1, 0.15) is 46.0 Å². The number of likely N-dealkylation sites (N-methyl/N-ethyl adjacent to an activating group) is 1. The van der Waals surface area contributed by atoms with E-state index in [0.717, 1.165) is 25.6 Å². The third-order valence-corrected chi connectivity index (χ3v) is 4.93. The lowest BCUT2D eigenvalue weighted by Crippen LogP contribution is -2.43. The minimum absolute atomic E-state index is 0. The molecule has 0 atom stereocenters. The highest BCUT2D eigenvalue weighted by Crippen LogP contribution is 2.45. The van der Waals surface area contributed by atoms with Gasteiger partial charge in [-0.25, -0.2) is 4.99 Å². The highest BCUT2D eigenvalue weighted by atomic mass is 127. The summed E-state index contributed by atoms with van der Waals surface area (Å²) in [5.41, 5.74) is 0.520. The summed E-state index contributed by atoms with van der Waals surface area (Å²) in [6.45, 7) is 7.69. The summed E-state index contributed by atoms with van der Waals surface area (Å²) in [5.74, 6) is 1.55. The van der Waals surface area contributed by atoms with Crippen molar-refractivity contribution in [2.75, 3.05) is 40.3 Å². The number of hydrogen-bond acceptors (Lipinski definition) is 2. The van der Waals surface area contributed by atoms with Gasteiger partial charge in [0.2, 0.25) is 5.91 Å². The van der Waals surface area contributed by atoms with E-state index < -0.39 is 0 Å². The molecule has 0 bridgehead atoms. The molecule has 134 valence electrons. The summed E-state index contributed by atoms with van der Waals surface area (Å²) in [4.78, 5) is 20.4. The quantitative estimate of drug-likeness (QED) is 0.419. The summed E-state index contributed by atoms with van der Waals surface area (Å²) in [6, 6.07) is 0. The van der Waals surface area contributed by atoms with Crippen LogP contribution in [0.4, 0.5) is 0 Å². The van der Waals surface area contributed by atoms with Gasteiger partial charge in [0.15, 0.2) is 5.96 Å². The van der Waals surface area contributed by atoms with Gasteiger partial charge in [0.05, 0.1) is 0 Å². The molecule has 23 heavy (non-hydrogen) atoms. The van der Waals surface area contributed by atoms with Gasteiger partial charge >= 0.3 is 0 Å². The Balaban J connectivity index is 0.00000264. The fourth-order valence-electron chi connectivity index (χ4n) is 3.50. The number of halogens is 1. The van der Waals surface area contributed by atoms with Gasteiger partial charge in [-0.2, -0.15) is 0 Å². The first kappa shape index (κ1) is 20.5. The van der Waals surface area contributed by atoms with Crippen LogP contribution >= 0.6 is 24.0 Å². The first-order chi connectivity index (χ1) is 10.4. The van der Waals surface area contributed by atoms with Crippen LogP contribution in [-0.2, 0) is 4.79 Å². The van der Waals surface area contributed by atoms with Gasteiger partial charge in [0.25, 0.3) is 0 Å². The summed E-state index contributed by atoms with van der Waals surface area (Å²) in [5, 5.41) is 3.47. The molecule has 1 N–H and O–H groups in total. The molecule has 1 spiro atoms. The van der Waals surface area contributed by atoms with E-state index in [-0.39, 0.29) is 36.4 Å². The number of aliphatic imine (C=N–C) groups is 1. The number of carbonyl (C=O) groups is 1. The van der Waals surface area contributed by atoms with Crippen molar-refractivity contribution in [3.8, 4) is 0 Å². The van der Waals surface area contributed by atoms with Crippen molar-refractivity contribution >= 4 is 35.8 Å². The number of nitrogens with one attached hydrogen (secondary N) is 1. The lowest BCUT2D eigenvalue weighted by molar-refractivity contribution is -0.127. The molecule has 1 saturated carbocycles. The smallest absolute Gasteiger partial charge is 0.243 e. The van der Waals surface area contributed by atoms with E-state index in [1.165, 1.54) is 32.1 Å². The standard InChI is InChI=1S/C17H32N4O.HI/c1-14(2)11-18-16(19-12-15(22)20(3)4)21-10-9-17(13-21)7-5-6-8-17;/h14H,5-13H2,1-4H3,(H,18,19);1H. The number of amides is 1. The van der Waals surface area contributed by atoms with E-state index in [0.29, 0.717) is 11.3 Å². The van der Waals surface area contributed by atoms with Gasteiger partial charge in [-0.3, -0.25) is 4.79 Å². The van der Waals surface area contributed by atoms with E-state index in [2.05, 4.69) is 29.1 Å². The molecule has 2 rings (SSSR count). The van der Waals surface area contributed by atoms with Crippen molar-refractivity contribution < 1.29 is 4.79 Å². The molecule has 2 aliphatic rings. The SMILES string of the molecule is CC(C)CNC(=NCC(=O)N(C)C)N1CCC2(CCCC2)C1.I. The van der Waals surface area contributed by atoms with E-state index in [9.17, 15) is 4.79 Å². The Bertz CT molecular complexity index is 417. The topological polar surface area (TPSA) is 47.9 Å². The Kier molecular flexibility index (Phi) is 8.10. The first-order valence-electron chi connectivity index (χ1n) is 8.65. The van der Waals surface area contributed by atoms with E-state index >= 15 is 0 Å². The number of carbonyl (C=O) groups excluding carboxylic acids is 1. The zero-order valence-electron chi connectivity index (χ0n) is 15.1. The minimum Gasteiger partial charge on any atom is -0.356 e. The highest BCUT2D eigenvalue weighted by molar-refractivity contribution is 14.0. The summed E-state index contributed by atoms with van der Waals surface area (Å²) in [7, 11) is 3.56.